The number of benzene rings is 2. The molecule has 0 heterocycles. The lowest BCUT2D eigenvalue weighted by molar-refractivity contribution is -0.123. The summed E-state index contributed by atoms with van der Waals surface area (Å²) < 4.78 is 10.9. The van der Waals surface area contributed by atoms with Crippen LogP contribution >= 0.6 is 0 Å². The van der Waals surface area contributed by atoms with E-state index in [0.717, 1.165) is 11.1 Å². The molecule has 0 aromatic heterocycles. The quantitative estimate of drug-likeness (QED) is 0.461. The highest BCUT2D eigenvalue weighted by atomic mass is 16.5. The van der Waals surface area contributed by atoms with Gasteiger partial charge in [-0.3, -0.25) is 4.79 Å². The molecule has 2 rings (SSSR count). The lowest BCUT2D eigenvalue weighted by Gasteiger charge is -2.07. The van der Waals surface area contributed by atoms with Crippen LogP contribution in [-0.4, -0.2) is 25.3 Å². The van der Waals surface area contributed by atoms with Gasteiger partial charge in [0.2, 0.25) is 0 Å². The number of hydrogen-bond acceptors (Lipinski definition) is 4. The van der Waals surface area contributed by atoms with Gasteiger partial charge < -0.3 is 9.47 Å². The summed E-state index contributed by atoms with van der Waals surface area (Å²) in [5.74, 6) is 0.977. The maximum absolute atomic E-state index is 11.7. The zero-order valence-corrected chi connectivity index (χ0v) is 13.6. The topological polar surface area (TPSA) is 59.9 Å². The van der Waals surface area contributed by atoms with E-state index in [4.69, 9.17) is 9.47 Å². The molecule has 2 aromatic rings. The standard InChI is InChI=1S/C19H20N2O3/c1-3-12-23-18-7-5-4-6-16(18)13-20-21-19(22)14-24-17-10-8-15(2)9-11-17/h3-11,13H,1,12,14H2,2H3,(H,21,22). The van der Waals surface area contributed by atoms with Gasteiger partial charge in [0.05, 0.1) is 6.21 Å². The monoisotopic (exact) mass is 324 g/mol. The van der Waals surface area contributed by atoms with Crippen LogP contribution in [0.2, 0.25) is 0 Å². The summed E-state index contributed by atoms with van der Waals surface area (Å²) in [7, 11) is 0. The van der Waals surface area contributed by atoms with E-state index >= 15 is 0 Å². The molecular weight excluding hydrogens is 304 g/mol. The molecule has 1 amide bonds. The molecule has 0 spiro atoms. The lowest BCUT2D eigenvalue weighted by Crippen LogP contribution is -2.24. The van der Waals surface area contributed by atoms with E-state index in [9.17, 15) is 4.79 Å². The van der Waals surface area contributed by atoms with E-state index in [1.54, 1.807) is 6.08 Å². The van der Waals surface area contributed by atoms with Gasteiger partial charge >= 0.3 is 0 Å². The number of carbonyl (C=O) groups is 1. The minimum absolute atomic E-state index is 0.102. The van der Waals surface area contributed by atoms with Crippen molar-refractivity contribution in [1.82, 2.24) is 5.43 Å². The minimum Gasteiger partial charge on any atom is -0.489 e. The van der Waals surface area contributed by atoms with E-state index in [-0.39, 0.29) is 12.5 Å². The number of nitrogens with zero attached hydrogens (tertiary/aromatic N) is 1. The SMILES string of the molecule is C=CCOc1ccccc1C=NNC(=O)COc1ccc(C)cc1. The maximum Gasteiger partial charge on any atom is 0.277 e. The Morgan fingerprint density at radius 1 is 1.17 bits per heavy atom. The van der Waals surface area contributed by atoms with Gasteiger partial charge in [0.25, 0.3) is 5.91 Å². The van der Waals surface area contributed by atoms with Crippen LogP contribution in [0.1, 0.15) is 11.1 Å². The Morgan fingerprint density at radius 2 is 1.92 bits per heavy atom. The molecule has 0 atom stereocenters. The Hall–Kier alpha value is -3.08. The Bertz CT molecular complexity index is 709. The van der Waals surface area contributed by atoms with E-state index in [1.807, 2.05) is 55.5 Å². The predicted octanol–water partition coefficient (Wildman–Crippen LogP) is 3.09. The first kappa shape index (κ1) is 17.3. The second kappa shape index (κ2) is 9.15. The molecule has 5 nitrogen and oxygen atoms in total. The van der Waals surface area contributed by atoms with Crippen LogP contribution in [-0.2, 0) is 4.79 Å². The molecular formula is C19H20N2O3. The molecule has 0 aliphatic rings. The highest BCUT2D eigenvalue weighted by molar-refractivity contribution is 5.85. The first-order chi connectivity index (χ1) is 11.7. The fraction of sp³-hybridized carbons (Fsp3) is 0.158. The molecule has 124 valence electrons. The van der Waals surface area contributed by atoms with Crippen molar-refractivity contribution >= 4 is 12.1 Å². The fourth-order valence-electron chi connectivity index (χ4n) is 1.86. The first-order valence-corrected chi connectivity index (χ1v) is 7.53. The summed E-state index contributed by atoms with van der Waals surface area (Å²) >= 11 is 0. The summed E-state index contributed by atoms with van der Waals surface area (Å²) in [5.41, 5.74) is 4.32. The summed E-state index contributed by atoms with van der Waals surface area (Å²) in [5, 5.41) is 3.93. The van der Waals surface area contributed by atoms with Crippen molar-refractivity contribution in [3.63, 3.8) is 0 Å². The Balaban J connectivity index is 1.83. The molecule has 0 saturated carbocycles. The van der Waals surface area contributed by atoms with Crippen LogP contribution in [0.3, 0.4) is 0 Å². The average Bonchev–Trinajstić information content (AvgIpc) is 2.60. The van der Waals surface area contributed by atoms with Crippen LogP contribution in [0, 0.1) is 6.92 Å². The number of aryl methyl sites for hydroxylation is 1. The molecule has 1 N–H and O–H groups in total. The molecule has 0 aliphatic carbocycles. The smallest absolute Gasteiger partial charge is 0.277 e. The predicted molar refractivity (Wildman–Crippen MR) is 94.5 cm³/mol. The lowest BCUT2D eigenvalue weighted by atomic mass is 10.2. The Kier molecular flexibility index (Phi) is 6.58. The van der Waals surface area contributed by atoms with E-state index in [1.165, 1.54) is 6.21 Å². The van der Waals surface area contributed by atoms with Gasteiger partial charge in [-0.1, -0.05) is 42.5 Å². The summed E-state index contributed by atoms with van der Waals surface area (Å²) in [6.45, 7) is 5.90. The largest absolute Gasteiger partial charge is 0.489 e. The van der Waals surface area contributed by atoms with E-state index in [0.29, 0.717) is 18.1 Å². The Labute approximate surface area is 141 Å². The van der Waals surface area contributed by atoms with Gasteiger partial charge in [-0.15, -0.1) is 0 Å². The van der Waals surface area contributed by atoms with Crippen molar-refractivity contribution in [2.24, 2.45) is 5.10 Å². The van der Waals surface area contributed by atoms with Gasteiger partial charge in [-0.2, -0.15) is 5.10 Å². The van der Waals surface area contributed by atoms with Gasteiger partial charge in [0, 0.05) is 5.56 Å². The summed E-state index contributed by atoms with van der Waals surface area (Å²) in [4.78, 5) is 11.7. The van der Waals surface area contributed by atoms with Gasteiger partial charge in [-0.05, 0) is 31.2 Å². The van der Waals surface area contributed by atoms with Crippen LogP contribution in [0.25, 0.3) is 0 Å². The van der Waals surface area contributed by atoms with Crippen LogP contribution in [0.5, 0.6) is 11.5 Å². The van der Waals surface area contributed by atoms with Gasteiger partial charge in [0.15, 0.2) is 6.61 Å². The molecule has 0 radical (unpaired) electrons. The van der Waals surface area contributed by atoms with E-state index in [2.05, 4.69) is 17.1 Å². The number of hydrazone groups is 1. The zero-order chi connectivity index (χ0) is 17.2. The third-order valence-corrected chi connectivity index (χ3v) is 3.06. The number of para-hydroxylation sites is 1. The third-order valence-electron chi connectivity index (χ3n) is 3.06. The van der Waals surface area contributed by atoms with Gasteiger partial charge in [-0.25, -0.2) is 5.43 Å². The van der Waals surface area contributed by atoms with Crippen molar-refractivity contribution in [2.45, 2.75) is 6.92 Å². The van der Waals surface area contributed by atoms with Crippen molar-refractivity contribution in [3.05, 3.63) is 72.3 Å². The summed E-state index contributed by atoms with van der Waals surface area (Å²) in [6.07, 6.45) is 3.19. The molecule has 5 heteroatoms. The summed E-state index contributed by atoms with van der Waals surface area (Å²) in [6, 6.07) is 14.9. The maximum atomic E-state index is 11.7. The second-order valence-electron chi connectivity index (χ2n) is 5.03. The van der Waals surface area contributed by atoms with Crippen molar-refractivity contribution in [3.8, 4) is 11.5 Å². The normalized spacial score (nSPS) is 10.4. The van der Waals surface area contributed by atoms with Crippen molar-refractivity contribution in [2.75, 3.05) is 13.2 Å². The molecule has 0 saturated heterocycles. The second-order valence-corrected chi connectivity index (χ2v) is 5.03. The number of nitrogens with one attached hydrogen (secondary N) is 1. The molecule has 0 unspecified atom stereocenters. The minimum atomic E-state index is -0.337. The molecule has 2 aromatic carbocycles. The average molecular weight is 324 g/mol. The van der Waals surface area contributed by atoms with Crippen molar-refractivity contribution < 1.29 is 14.3 Å². The van der Waals surface area contributed by atoms with Crippen LogP contribution in [0.15, 0.2) is 66.3 Å². The van der Waals surface area contributed by atoms with Crippen molar-refractivity contribution in [1.29, 1.82) is 0 Å². The number of ether oxygens (including phenoxy) is 2. The molecule has 24 heavy (non-hydrogen) atoms. The zero-order valence-electron chi connectivity index (χ0n) is 13.6. The number of amides is 1. The molecule has 0 bridgehead atoms. The number of hydrogen-bond donors (Lipinski definition) is 1. The van der Waals surface area contributed by atoms with Crippen LogP contribution < -0.4 is 14.9 Å². The highest BCUT2D eigenvalue weighted by Gasteiger charge is 2.02. The Morgan fingerprint density at radius 3 is 2.67 bits per heavy atom. The van der Waals surface area contributed by atoms with Crippen LogP contribution in [0.4, 0.5) is 0 Å². The number of carbonyl (C=O) groups excluding carboxylic acids is 1. The first-order valence-electron chi connectivity index (χ1n) is 7.53. The van der Waals surface area contributed by atoms with E-state index < -0.39 is 0 Å². The highest BCUT2D eigenvalue weighted by Crippen LogP contribution is 2.15. The molecule has 0 fully saturated rings. The third kappa shape index (κ3) is 5.61. The van der Waals surface area contributed by atoms with Gasteiger partial charge in [0.1, 0.15) is 18.1 Å². The number of rotatable bonds is 8. The molecule has 0 aliphatic heterocycles. The fourth-order valence-corrected chi connectivity index (χ4v) is 1.86.